The molecule has 1 rings (SSSR count). The van der Waals surface area contributed by atoms with Crippen molar-refractivity contribution in [2.45, 2.75) is 19.8 Å². The number of ether oxygens (including phenoxy) is 2. The largest absolute Gasteiger partial charge is 0.508 e. The van der Waals surface area contributed by atoms with E-state index < -0.39 is 0 Å². The minimum atomic E-state index is 0.0170. The van der Waals surface area contributed by atoms with E-state index in [4.69, 9.17) is 44.3 Å². The first-order chi connectivity index (χ1) is 9.50. The van der Waals surface area contributed by atoms with Crippen molar-refractivity contribution < 1.29 is 14.6 Å². The van der Waals surface area contributed by atoms with Crippen molar-refractivity contribution in [2.75, 3.05) is 19.8 Å². The predicted molar refractivity (Wildman–Crippen MR) is 83.3 cm³/mol. The van der Waals surface area contributed by atoms with Gasteiger partial charge >= 0.3 is 0 Å². The van der Waals surface area contributed by atoms with Crippen LogP contribution < -0.4 is 4.74 Å². The Kier molecular flexibility index (Phi) is 8.15. The molecule has 6 heteroatoms. The first-order valence-corrected chi connectivity index (χ1v) is 7.35. The second-order valence-corrected chi connectivity index (χ2v) is 5.57. The third-order valence-electron chi connectivity index (χ3n) is 2.39. The van der Waals surface area contributed by atoms with Gasteiger partial charge in [-0.3, -0.25) is 0 Å². The fourth-order valence-electron chi connectivity index (χ4n) is 1.42. The zero-order valence-electron chi connectivity index (χ0n) is 11.2. The van der Waals surface area contributed by atoms with E-state index in [2.05, 4.69) is 0 Å². The van der Waals surface area contributed by atoms with Crippen LogP contribution >= 0.6 is 34.8 Å². The predicted octanol–water partition coefficient (Wildman–Crippen LogP) is 5.02. The zero-order valence-corrected chi connectivity index (χ0v) is 13.4. The second-order valence-electron chi connectivity index (χ2n) is 4.16. The topological polar surface area (TPSA) is 38.7 Å². The summed E-state index contributed by atoms with van der Waals surface area (Å²) in [5.41, 5.74) is 0. The zero-order chi connectivity index (χ0) is 15.0. The molecule has 0 bridgehead atoms. The van der Waals surface area contributed by atoms with Gasteiger partial charge in [-0.05, 0) is 25.8 Å². The van der Waals surface area contributed by atoms with Crippen molar-refractivity contribution in [2.24, 2.45) is 0 Å². The Balaban J connectivity index is 2.20. The van der Waals surface area contributed by atoms with Crippen LogP contribution in [0.25, 0.3) is 0 Å². The highest BCUT2D eigenvalue weighted by atomic mass is 35.5. The average molecular weight is 340 g/mol. The van der Waals surface area contributed by atoms with Gasteiger partial charge in [0.25, 0.3) is 0 Å². The third-order valence-corrected chi connectivity index (χ3v) is 3.11. The van der Waals surface area contributed by atoms with Crippen molar-refractivity contribution in [1.29, 1.82) is 0 Å². The molecule has 3 nitrogen and oxygen atoms in total. The molecule has 0 atom stereocenters. The van der Waals surface area contributed by atoms with Crippen LogP contribution in [0.1, 0.15) is 19.8 Å². The molecule has 0 aromatic heterocycles. The normalized spacial score (nSPS) is 11.7. The highest BCUT2D eigenvalue weighted by Gasteiger charge is 2.09. The standard InChI is InChI=1S/C14H17Cl3O3/c1-10(15)4-7-19-5-2-3-6-20-14-12(16)8-11(18)9-13(14)17/h4,8-9,18H,2-3,5-7H2,1H3. The Hall–Kier alpha value is -0.610. The number of benzene rings is 1. The number of rotatable bonds is 8. The number of allylic oxidation sites excluding steroid dienone is 1. The number of hydrogen-bond donors (Lipinski definition) is 1. The minimum Gasteiger partial charge on any atom is -0.508 e. The molecule has 0 spiro atoms. The number of phenolic OH excluding ortho intramolecular Hbond substituents is 1. The molecule has 0 unspecified atom stereocenters. The van der Waals surface area contributed by atoms with Crippen molar-refractivity contribution >= 4 is 34.8 Å². The van der Waals surface area contributed by atoms with Gasteiger partial charge in [0.1, 0.15) is 5.75 Å². The lowest BCUT2D eigenvalue weighted by molar-refractivity contribution is 0.152. The summed E-state index contributed by atoms with van der Waals surface area (Å²) < 4.78 is 10.9. The number of hydrogen-bond acceptors (Lipinski definition) is 3. The van der Waals surface area contributed by atoms with Crippen LogP contribution in [0.3, 0.4) is 0 Å². The molecule has 0 saturated carbocycles. The lowest BCUT2D eigenvalue weighted by Gasteiger charge is -2.10. The lowest BCUT2D eigenvalue weighted by atomic mass is 10.3. The molecule has 0 fully saturated rings. The fraction of sp³-hybridized carbons (Fsp3) is 0.429. The van der Waals surface area contributed by atoms with E-state index in [9.17, 15) is 5.11 Å². The molecule has 0 saturated heterocycles. The average Bonchev–Trinajstić information content (AvgIpc) is 2.34. The van der Waals surface area contributed by atoms with Gasteiger partial charge in [0.15, 0.2) is 5.75 Å². The summed E-state index contributed by atoms with van der Waals surface area (Å²) in [6.07, 6.45) is 3.49. The summed E-state index contributed by atoms with van der Waals surface area (Å²) in [6.45, 7) is 3.45. The highest BCUT2D eigenvalue weighted by molar-refractivity contribution is 6.37. The lowest BCUT2D eigenvalue weighted by Crippen LogP contribution is -2.02. The van der Waals surface area contributed by atoms with E-state index in [1.807, 2.05) is 13.0 Å². The fourth-order valence-corrected chi connectivity index (χ4v) is 2.07. The van der Waals surface area contributed by atoms with E-state index in [1.54, 1.807) is 0 Å². The van der Waals surface area contributed by atoms with E-state index in [-0.39, 0.29) is 5.75 Å². The molecular weight excluding hydrogens is 323 g/mol. The Morgan fingerprint density at radius 3 is 2.40 bits per heavy atom. The van der Waals surface area contributed by atoms with Crippen LogP contribution in [-0.4, -0.2) is 24.9 Å². The summed E-state index contributed by atoms with van der Waals surface area (Å²) in [5, 5.41) is 10.6. The Morgan fingerprint density at radius 1 is 1.20 bits per heavy atom. The van der Waals surface area contributed by atoms with Crippen LogP contribution in [0.15, 0.2) is 23.2 Å². The molecule has 0 heterocycles. The summed E-state index contributed by atoms with van der Waals surface area (Å²) in [4.78, 5) is 0. The summed E-state index contributed by atoms with van der Waals surface area (Å²) >= 11 is 17.5. The van der Waals surface area contributed by atoms with Gasteiger partial charge in [0.05, 0.1) is 23.3 Å². The van der Waals surface area contributed by atoms with Gasteiger partial charge in [-0.2, -0.15) is 0 Å². The smallest absolute Gasteiger partial charge is 0.156 e. The molecule has 0 aliphatic carbocycles. The first kappa shape index (κ1) is 17.4. The molecule has 0 aliphatic rings. The molecule has 1 aromatic carbocycles. The number of unbranched alkanes of at least 4 members (excludes halogenated alkanes) is 1. The first-order valence-electron chi connectivity index (χ1n) is 6.21. The van der Waals surface area contributed by atoms with E-state index in [0.29, 0.717) is 35.6 Å². The van der Waals surface area contributed by atoms with Crippen molar-refractivity contribution in [3.63, 3.8) is 0 Å². The van der Waals surface area contributed by atoms with Crippen LogP contribution in [0.5, 0.6) is 11.5 Å². The van der Waals surface area contributed by atoms with Gasteiger partial charge in [-0.1, -0.05) is 34.8 Å². The maximum Gasteiger partial charge on any atom is 0.156 e. The van der Waals surface area contributed by atoms with Gasteiger partial charge in [-0.25, -0.2) is 0 Å². The SMILES string of the molecule is CC(Cl)=CCOCCCCOc1c(Cl)cc(O)cc1Cl. The van der Waals surface area contributed by atoms with E-state index in [0.717, 1.165) is 17.9 Å². The summed E-state index contributed by atoms with van der Waals surface area (Å²) in [7, 11) is 0. The quantitative estimate of drug-likeness (QED) is 0.676. The Morgan fingerprint density at radius 2 is 1.80 bits per heavy atom. The van der Waals surface area contributed by atoms with Gasteiger partial charge in [0, 0.05) is 23.8 Å². The molecule has 0 amide bonds. The summed E-state index contributed by atoms with van der Waals surface area (Å²) in [5.74, 6) is 0.413. The minimum absolute atomic E-state index is 0.0170. The van der Waals surface area contributed by atoms with E-state index in [1.165, 1.54) is 12.1 Å². The van der Waals surface area contributed by atoms with Gasteiger partial charge < -0.3 is 14.6 Å². The molecule has 1 aromatic rings. The van der Waals surface area contributed by atoms with Crippen molar-refractivity contribution in [3.8, 4) is 11.5 Å². The maximum atomic E-state index is 9.29. The van der Waals surface area contributed by atoms with Crippen molar-refractivity contribution in [1.82, 2.24) is 0 Å². The highest BCUT2D eigenvalue weighted by Crippen LogP contribution is 2.36. The third kappa shape index (κ3) is 6.71. The summed E-state index contributed by atoms with van der Waals surface area (Å²) in [6, 6.07) is 2.79. The van der Waals surface area contributed by atoms with Crippen LogP contribution in [0.2, 0.25) is 10.0 Å². The number of aromatic hydroxyl groups is 1. The van der Waals surface area contributed by atoms with Crippen molar-refractivity contribution in [3.05, 3.63) is 33.3 Å². The van der Waals surface area contributed by atoms with Crippen LogP contribution in [-0.2, 0) is 4.74 Å². The monoisotopic (exact) mass is 338 g/mol. The Labute approximate surface area is 134 Å². The van der Waals surface area contributed by atoms with Crippen LogP contribution in [0, 0.1) is 0 Å². The van der Waals surface area contributed by atoms with E-state index >= 15 is 0 Å². The van der Waals surface area contributed by atoms with Gasteiger partial charge in [0.2, 0.25) is 0 Å². The molecule has 0 radical (unpaired) electrons. The number of halogens is 3. The second kappa shape index (κ2) is 9.35. The molecule has 0 aliphatic heterocycles. The number of phenols is 1. The Bertz CT molecular complexity index is 434. The van der Waals surface area contributed by atoms with Gasteiger partial charge in [-0.15, -0.1) is 0 Å². The maximum absolute atomic E-state index is 9.29. The molecule has 20 heavy (non-hydrogen) atoms. The van der Waals surface area contributed by atoms with Crippen LogP contribution in [0.4, 0.5) is 0 Å². The molecule has 1 N–H and O–H groups in total. The molecule has 112 valence electrons. The molecular formula is C14H17Cl3O3.